The first-order valence-electron chi connectivity index (χ1n) is 10.9. The SMILES string of the molecule is Cc1cc2c(cc1N1CCC(N)C1)OCCN2C1SC2=C(CC(C)(C)NC2=O)N1OC=O. The highest BCUT2D eigenvalue weighted by Crippen LogP contribution is 2.49. The monoisotopic (exact) mass is 459 g/mol. The molecule has 5 rings (SSSR count). The van der Waals surface area contributed by atoms with Crippen molar-refractivity contribution < 1.29 is 19.2 Å². The first-order chi connectivity index (χ1) is 15.3. The van der Waals surface area contributed by atoms with Gasteiger partial charge in [0.15, 0.2) is 5.50 Å². The zero-order valence-corrected chi connectivity index (χ0v) is 19.4. The highest BCUT2D eigenvalue weighted by molar-refractivity contribution is 8.04. The number of rotatable bonds is 4. The van der Waals surface area contributed by atoms with Crippen LogP contribution in [-0.4, -0.2) is 60.8 Å². The Hall–Kier alpha value is -2.59. The number of nitrogens with one attached hydrogen (secondary N) is 1. The van der Waals surface area contributed by atoms with Gasteiger partial charge in [-0.1, -0.05) is 11.8 Å². The fourth-order valence-electron chi connectivity index (χ4n) is 4.93. The van der Waals surface area contributed by atoms with Crippen LogP contribution >= 0.6 is 11.8 Å². The molecule has 3 N–H and O–H groups in total. The molecule has 4 aliphatic rings. The van der Waals surface area contributed by atoms with Crippen LogP contribution in [-0.2, 0) is 14.4 Å². The van der Waals surface area contributed by atoms with Crippen LogP contribution in [0.25, 0.3) is 0 Å². The number of benzene rings is 1. The molecule has 4 heterocycles. The molecule has 1 saturated heterocycles. The van der Waals surface area contributed by atoms with E-state index in [4.69, 9.17) is 15.3 Å². The Morgan fingerprint density at radius 1 is 1.31 bits per heavy atom. The molecule has 2 atom stereocenters. The van der Waals surface area contributed by atoms with Crippen LogP contribution in [0.3, 0.4) is 0 Å². The summed E-state index contributed by atoms with van der Waals surface area (Å²) in [5.74, 6) is 0.660. The van der Waals surface area contributed by atoms with Gasteiger partial charge in [0.1, 0.15) is 12.4 Å². The maximum Gasteiger partial charge on any atom is 0.320 e. The largest absolute Gasteiger partial charge is 0.489 e. The second kappa shape index (κ2) is 7.77. The number of hydrogen-bond donors (Lipinski definition) is 2. The normalized spacial score (nSPS) is 26.5. The number of amides is 1. The second-order valence-corrected chi connectivity index (χ2v) is 10.5. The van der Waals surface area contributed by atoms with Gasteiger partial charge < -0.3 is 30.4 Å². The van der Waals surface area contributed by atoms with Crippen LogP contribution in [0.1, 0.15) is 32.3 Å². The van der Waals surface area contributed by atoms with E-state index in [0.29, 0.717) is 30.9 Å². The zero-order valence-electron chi connectivity index (χ0n) is 18.6. The number of thioether (sulfide) groups is 1. The topological polar surface area (TPSA) is 100 Å². The lowest BCUT2D eigenvalue weighted by atomic mass is 9.94. The van der Waals surface area contributed by atoms with Crippen LogP contribution in [0.5, 0.6) is 5.75 Å². The van der Waals surface area contributed by atoms with Crippen LogP contribution < -0.4 is 25.6 Å². The first kappa shape index (κ1) is 21.3. The van der Waals surface area contributed by atoms with Gasteiger partial charge >= 0.3 is 6.47 Å². The van der Waals surface area contributed by atoms with Crippen LogP contribution in [0, 0.1) is 6.92 Å². The summed E-state index contributed by atoms with van der Waals surface area (Å²) in [5, 5.41) is 4.63. The van der Waals surface area contributed by atoms with E-state index < -0.39 is 5.54 Å². The van der Waals surface area contributed by atoms with Crippen molar-refractivity contribution in [1.29, 1.82) is 0 Å². The Labute approximate surface area is 191 Å². The minimum absolute atomic E-state index is 0.131. The number of anilines is 2. The smallest absolute Gasteiger partial charge is 0.320 e. The molecule has 1 aromatic rings. The van der Waals surface area contributed by atoms with E-state index in [-0.39, 0.29) is 17.4 Å². The van der Waals surface area contributed by atoms with Crippen molar-refractivity contribution in [2.24, 2.45) is 5.73 Å². The molecule has 172 valence electrons. The Morgan fingerprint density at radius 2 is 2.12 bits per heavy atom. The van der Waals surface area contributed by atoms with Crippen molar-refractivity contribution in [2.45, 2.75) is 50.7 Å². The second-order valence-electron chi connectivity index (χ2n) is 9.41. The highest BCUT2D eigenvalue weighted by atomic mass is 32.2. The molecule has 1 aromatic carbocycles. The van der Waals surface area contributed by atoms with E-state index in [1.807, 2.05) is 13.8 Å². The molecule has 0 aliphatic carbocycles. The highest BCUT2D eigenvalue weighted by Gasteiger charge is 2.47. The molecular formula is C22H29N5O4S. The average Bonchev–Trinajstić information content (AvgIpc) is 3.31. The van der Waals surface area contributed by atoms with Gasteiger partial charge in [-0.2, -0.15) is 5.06 Å². The van der Waals surface area contributed by atoms with Gasteiger partial charge in [0.05, 0.1) is 22.8 Å². The zero-order chi connectivity index (χ0) is 22.6. The number of aryl methyl sites for hydroxylation is 1. The molecule has 1 fully saturated rings. The molecule has 0 spiro atoms. The van der Waals surface area contributed by atoms with Crippen LogP contribution in [0.15, 0.2) is 22.7 Å². The summed E-state index contributed by atoms with van der Waals surface area (Å²) in [6.07, 6.45) is 1.56. The molecule has 9 nitrogen and oxygen atoms in total. The van der Waals surface area contributed by atoms with Crippen molar-refractivity contribution in [2.75, 3.05) is 36.0 Å². The van der Waals surface area contributed by atoms with Crippen molar-refractivity contribution in [3.8, 4) is 5.75 Å². The van der Waals surface area contributed by atoms with Gasteiger partial charge in [0.25, 0.3) is 5.91 Å². The minimum atomic E-state index is -0.416. The molecule has 0 radical (unpaired) electrons. The molecule has 2 unspecified atom stereocenters. The molecule has 0 saturated carbocycles. The number of nitrogens with zero attached hydrogens (tertiary/aromatic N) is 3. The Morgan fingerprint density at radius 3 is 2.84 bits per heavy atom. The van der Waals surface area contributed by atoms with Gasteiger partial charge in [-0.15, -0.1) is 0 Å². The predicted molar refractivity (Wildman–Crippen MR) is 123 cm³/mol. The number of hydroxylamine groups is 2. The number of carbonyl (C=O) groups excluding carboxylic acids is 2. The molecule has 0 aromatic heterocycles. The lowest BCUT2D eigenvalue weighted by molar-refractivity contribution is -0.168. The Bertz CT molecular complexity index is 997. The van der Waals surface area contributed by atoms with Gasteiger partial charge in [0, 0.05) is 42.8 Å². The molecular weight excluding hydrogens is 430 g/mol. The van der Waals surface area contributed by atoms with Gasteiger partial charge in [-0.25, -0.2) is 0 Å². The van der Waals surface area contributed by atoms with Gasteiger partial charge in [0.2, 0.25) is 0 Å². The summed E-state index contributed by atoms with van der Waals surface area (Å²) >= 11 is 1.41. The maximum atomic E-state index is 12.8. The third-order valence-electron chi connectivity index (χ3n) is 6.38. The van der Waals surface area contributed by atoms with Gasteiger partial charge in [-0.05, 0) is 38.8 Å². The fraction of sp³-hybridized carbons (Fsp3) is 0.545. The van der Waals surface area contributed by atoms with E-state index in [9.17, 15) is 9.59 Å². The molecule has 0 bridgehead atoms. The first-order valence-corrected chi connectivity index (χ1v) is 11.8. The van der Waals surface area contributed by atoms with Crippen molar-refractivity contribution in [1.82, 2.24) is 10.4 Å². The number of ether oxygens (including phenoxy) is 1. The fourth-order valence-corrected chi connectivity index (χ4v) is 6.22. The molecule has 10 heteroatoms. The van der Waals surface area contributed by atoms with E-state index in [1.165, 1.54) is 11.8 Å². The lowest BCUT2D eigenvalue weighted by Gasteiger charge is -2.40. The lowest BCUT2D eigenvalue weighted by Crippen LogP contribution is -2.50. The summed E-state index contributed by atoms with van der Waals surface area (Å²) in [7, 11) is 0. The van der Waals surface area contributed by atoms with Crippen molar-refractivity contribution >= 4 is 35.5 Å². The Kier molecular flexibility index (Phi) is 5.16. The summed E-state index contributed by atoms with van der Waals surface area (Å²) in [6, 6.07) is 4.40. The predicted octanol–water partition coefficient (Wildman–Crippen LogP) is 1.66. The number of hydrogen-bond acceptors (Lipinski definition) is 9. The Balaban J connectivity index is 1.48. The molecule has 1 amide bonds. The van der Waals surface area contributed by atoms with Crippen molar-refractivity contribution in [3.63, 3.8) is 0 Å². The third-order valence-corrected chi connectivity index (χ3v) is 7.70. The standard InChI is InChI=1S/C22H29N5O4S/c1-13-8-16-18(9-15(13)25-5-4-14(23)11-25)30-7-6-26(16)21-27(31-12-28)17-10-22(2,3)24-20(29)19(17)32-21/h8-9,12,14,21H,4-7,10-11,23H2,1-3H3,(H,24,29). The molecule has 4 aliphatic heterocycles. The third kappa shape index (κ3) is 3.55. The van der Waals surface area contributed by atoms with E-state index in [1.54, 1.807) is 5.06 Å². The molecule has 32 heavy (non-hydrogen) atoms. The summed E-state index contributed by atoms with van der Waals surface area (Å²) < 4.78 is 6.03. The number of fused-ring (bicyclic) bond motifs is 1. The maximum absolute atomic E-state index is 12.8. The van der Waals surface area contributed by atoms with Crippen molar-refractivity contribution in [3.05, 3.63) is 28.3 Å². The van der Waals surface area contributed by atoms with Crippen LogP contribution in [0.4, 0.5) is 11.4 Å². The van der Waals surface area contributed by atoms with Crippen LogP contribution in [0.2, 0.25) is 0 Å². The van der Waals surface area contributed by atoms with E-state index >= 15 is 0 Å². The summed E-state index contributed by atoms with van der Waals surface area (Å²) in [5.41, 5.74) is 9.27. The van der Waals surface area contributed by atoms with E-state index in [2.05, 4.69) is 34.2 Å². The quantitative estimate of drug-likeness (QED) is 0.651. The number of nitrogens with two attached hydrogens (primary N) is 1. The average molecular weight is 460 g/mol. The summed E-state index contributed by atoms with van der Waals surface area (Å²) in [4.78, 5) is 34.6. The minimum Gasteiger partial charge on any atom is -0.489 e. The van der Waals surface area contributed by atoms with E-state index in [0.717, 1.165) is 47.9 Å². The van der Waals surface area contributed by atoms with Gasteiger partial charge in [-0.3, -0.25) is 9.59 Å². The summed E-state index contributed by atoms with van der Waals surface area (Å²) in [6.45, 7) is 9.33. The number of carbonyl (C=O) groups is 2.